The summed E-state index contributed by atoms with van der Waals surface area (Å²) >= 11 is 0. The largest absolute Gasteiger partial charge is 0.465 e. The zero-order chi connectivity index (χ0) is 17.3. The first-order chi connectivity index (χ1) is 10.6. The van der Waals surface area contributed by atoms with Crippen molar-refractivity contribution in [3.63, 3.8) is 0 Å². The number of amides is 1. The Labute approximate surface area is 135 Å². The summed E-state index contributed by atoms with van der Waals surface area (Å²) in [6, 6.07) is 14.2. The van der Waals surface area contributed by atoms with Gasteiger partial charge in [0.2, 0.25) is 0 Å². The molecule has 0 aliphatic heterocycles. The summed E-state index contributed by atoms with van der Waals surface area (Å²) in [5.74, 6) is 0. The van der Waals surface area contributed by atoms with E-state index in [0.29, 0.717) is 0 Å². The molecule has 2 aromatic carbocycles. The van der Waals surface area contributed by atoms with Gasteiger partial charge in [-0.25, -0.2) is 13.2 Å². The number of rotatable bonds is 4. The summed E-state index contributed by atoms with van der Waals surface area (Å²) in [5.41, 5.74) is 1.98. The van der Waals surface area contributed by atoms with E-state index >= 15 is 0 Å². The number of nitrogens with one attached hydrogen (secondary N) is 1. The molecule has 0 fully saturated rings. The van der Waals surface area contributed by atoms with Crippen molar-refractivity contribution in [1.29, 1.82) is 0 Å². The lowest BCUT2D eigenvalue weighted by atomic mass is 9.92. The van der Waals surface area contributed by atoms with Crippen LogP contribution in [0.5, 0.6) is 0 Å². The van der Waals surface area contributed by atoms with Crippen molar-refractivity contribution in [3.8, 4) is 11.1 Å². The Bertz CT molecular complexity index is 807. The maximum atomic E-state index is 11.5. The molecule has 0 aliphatic carbocycles. The van der Waals surface area contributed by atoms with Crippen LogP contribution in [0.25, 0.3) is 11.1 Å². The fourth-order valence-corrected chi connectivity index (χ4v) is 2.94. The second-order valence-corrected chi connectivity index (χ2v) is 7.94. The van der Waals surface area contributed by atoms with E-state index in [4.69, 9.17) is 5.11 Å². The van der Waals surface area contributed by atoms with Gasteiger partial charge in [-0.15, -0.1) is 0 Å². The Kier molecular flexibility index (Phi) is 4.47. The zero-order valence-electron chi connectivity index (χ0n) is 13.2. The lowest BCUT2D eigenvalue weighted by Gasteiger charge is -2.25. The predicted octanol–water partition coefficient (Wildman–Crippen LogP) is 3.26. The van der Waals surface area contributed by atoms with Crippen LogP contribution < -0.4 is 5.32 Å². The summed E-state index contributed by atoms with van der Waals surface area (Å²) in [5, 5.41) is 11.3. The van der Waals surface area contributed by atoms with Crippen LogP contribution in [0.15, 0.2) is 53.4 Å². The molecular formula is C17H19NO4S. The summed E-state index contributed by atoms with van der Waals surface area (Å²) in [6.45, 7) is 3.58. The predicted molar refractivity (Wildman–Crippen MR) is 89.2 cm³/mol. The van der Waals surface area contributed by atoms with Gasteiger partial charge >= 0.3 is 6.09 Å². The van der Waals surface area contributed by atoms with Crippen molar-refractivity contribution in [2.45, 2.75) is 24.3 Å². The highest BCUT2D eigenvalue weighted by molar-refractivity contribution is 7.90. The molecular weight excluding hydrogens is 314 g/mol. The number of hydrogen-bond donors (Lipinski definition) is 2. The molecule has 0 atom stereocenters. The molecule has 2 N–H and O–H groups in total. The zero-order valence-corrected chi connectivity index (χ0v) is 14.0. The molecule has 0 aliphatic rings. The first kappa shape index (κ1) is 17.0. The number of sulfone groups is 1. The minimum atomic E-state index is -3.20. The van der Waals surface area contributed by atoms with Gasteiger partial charge in [-0.3, -0.25) is 0 Å². The standard InChI is InChI=1S/C17H19NO4S/c1-17(2,18-16(19)20)14-8-4-12(5-9-14)13-6-10-15(11-7-13)23(3,21)22/h4-11,18H,1-3H3,(H,19,20). The van der Waals surface area contributed by atoms with E-state index in [9.17, 15) is 13.2 Å². The van der Waals surface area contributed by atoms with Gasteiger partial charge in [0.1, 0.15) is 0 Å². The lowest BCUT2D eigenvalue weighted by Crippen LogP contribution is -2.39. The van der Waals surface area contributed by atoms with E-state index in [1.54, 1.807) is 38.1 Å². The van der Waals surface area contributed by atoms with Gasteiger partial charge in [-0.1, -0.05) is 36.4 Å². The Morgan fingerprint density at radius 2 is 1.39 bits per heavy atom. The molecule has 122 valence electrons. The molecule has 0 aromatic heterocycles. The maximum Gasteiger partial charge on any atom is 0.405 e. The van der Waals surface area contributed by atoms with Gasteiger partial charge in [0.25, 0.3) is 0 Å². The van der Waals surface area contributed by atoms with Crippen LogP contribution in [0, 0.1) is 0 Å². The molecule has 0 radical (unpaired) electrons. The number of carbonyl (C=O) groups is 1. The van der Waals surface area contributed by atoms with Crippen molar-refractivity contribution in [3.05, 3.63) is 54.1 Å². The smallest absolute Gasteiger partial charge is 0.405 e. The van der Waals surface area contributed by atoms with Crippen LogP contribution in [0.1, 0.15) is 19.4 Å². The Balaban J connectivity index is 2.28. The van der Waals surface area contributed by atoms with Gasteiger partial charge in [-0.2, -0.15) is 0 Å². The third-order valence-electron chi connectivity index (χ3n) is 3.64. The van der Waals surface area contributed by atoms with E-state index in [0.717, 1.165) is 16.7 Å². The molecule has 0 saturated heterocycles. The van der Waals surface area contributed by atoms with Crippen LogP contribution in [-0.2, 0) is 15.4 Å². The van der Waals surface area contributed by atoms with Gasteiger partial charge in [0.05, 0.1) is 10.4 Å². The lowest BCUT2D eigenvalue weighted by molar-refractivity contribution is 0.182. The summed E-state index contributed by atoms with van der Waals surface area (Å²) in [4.78, 5) is 11.1. The van der Waals surface area contributed by atoms with Gasteiger partial charge in [0.15, 0.2) is 9.84 Å². The SMILES string of the molecule is CC(C)(NC(=O)O)c1ccc(-c2ccc(S(C)(=O)=O)cc2)cc1. The topological polar surface area (TPSA) is 83.5 Å². The van der Waals surface area contributed by atoms with Gasteiger partial charge in [0, 0.05) is 6.26 Å². The average Bonchev–Trinajstić information content (AvgIpc) is 2.45. The monoisotopic (exact) mass is 333 g/mol. The molecule has 1 amide bonds. The molecule has 23 heavy (non-hydrogen) atoms. The normalized spacial score (nSPS) is 12.0. The van der Waals surface area contributed by atoms with Crippen LogP contribution >= 0.6 is 0 Å². The molecule has 0 spiro atoms. The van der Waals surface area contributed by atoms with Crippen molar-refractivity contribution < 1.29 is 18.3 Å². The van der Waals surface area contributed by atoms with E-state index in [1.807, 2.05) is 24.3 Å². The van der Waals surface area contributed by atoms with E-state index < -0.39 is 21.5 Å². The fraction of sp³-hybridized carbons (Fsp3) is 0.235. The molecule has 2 rings (SSSR count). The van der Waals surface area contributed by atoms with Gasteiger partial charge < -0.3 is 10.4 Å². The molecule has 0 saturated carbocycles. The van der Waals surface area contributed by atoms with Crippen molar-refractivity contribution in [2.24, 2.45) is 0 Å². The minimum absolute atomic E-state index is 0.282. The highest BCUT2D eigenvalue weighted by Crippen LogP contribution is 2.25. The fourth-order valence-electron chi connectivity index (χ4n) is 2.31. The summed E-state index contributed by atoms with van der Waals surface area (Å²) < 4.78 is 22.9. The van der Waals surface area contributed by atoms with E-state index in [-0.39, 0.29) is 4.90 Å². The van der Waals surface area contributed by atoms with Crippen molar-refractivity contribution in [1.82, 2.24) is 5.32 Å². The molecule has 0 unspecified atom stereocenters. The molecule has 6 heteroatoms. The second kappa shape index (κ2) is 6.04. The number of hydrogen-bond acceptors (Lipinski definition) is 3. The first-order valence-corrected chi connectivity index (χ1v) is 8.91. The van der Waals surface area contributed by atoms with Crippen LogP contribution in [0.4, 0.5) is 4.79 Å². The Morgan fingerprint density at radius 3 is 1.78 bits per heavy atom. The number of benzene rings is 2. The second-order valence-electron chi connectivity index (χ2n) is 5.93. The molecule has 5 nitrogen and oxygen atoms in total. The van der Waals surface area contributed by atoms with Crippen LogP contribution in [0.2, 0.25) is 0 Å². The third kappa shape index (κ3) is 4.10. The highest BCUT2D eigenvalue weighted by atomic mass is 32.2. The van der Waals surface area contributed by atoms with Crippen molar-refractivity contribution in [2.75, 3.05) is 6.26 Å². The average molecular weight is 333 g/mol. The van der Waals surface area contributed by atoms with Crippen molar-refractivity contribution >= 4 is 15.9 Å². The minimum Gasteiger partial charge on any atom is -0.465 e. The third-order valence-corrected chi connectivity index (χ3v) is 4.77. The Hall–Kier alpha value is -2.34. The van der Waals surface area contributed by atoms with Gasteiger partial charge in [-0.05, 0) is 42.7 Å². The molecule has 2 aromatic rings. The quantitative estimate of drug-likeness (QED) is 0.899. The van der Waals surface area contributed by atoms with Crippen LogP contribution in [0.3, 0.4) is 0 Å². The highest BCUT2D eigenvalue weighted by Gasteiger charge is 2.22. The van der Waals surface area contributed by atoms with E-state index in [1.165, 1.54) is 6.26 Å². The van der Waals surface area contributed by atoms with Crippen LogP contribution in [-0.4, -0.2) is 25.9 Å². The number of carboxylic acid groups (broad SMARTS) is 1. The summed E-state index contributed by atoms with van der Waals surface area (Å²) in [6.07, 6.45) is 0.101. The maximum absolute atomic E-state index is 11.5. The Morgan fingerprint density at radius 1 is 0.957 bits per heavy atom. The summed E-state index contributed by atoms with van der Waals surface area (Å²) in [7, 11) is -3.20. The molecule has 0 bridgehead atoms. The van der Waals surface area contributed by atoms with E-state index in [2.05, 4.69) is 5.32 Å². The first-order valence-electron chi connectivity index (χ1n) is 7.02. The molecule has 0 heterocycles.